The molecule has 30 heavy (non-hydrogen) atoms. The standard InChI is InChI=1S/C23H23FN4OS/c1-14-13-16-7-3-6-10-20(16)27(14)22(29)15(2)30-23-26-25-21(28(23)17-11-12-17)18-8-4-5-9-19(18)24/h3-10,14-15,17H,11-13H2,1-2H3/t14-,15-/m0/s1. The van der Waals surface area contributed by atoms with E-state index in [1.165, 1.54) is 23.4 Å². The van der Waals surface area contributed by atoms with Crippen molar-refractivity contribution in [2.75, 3.05) is 4.90 Å². The quantitative estimate of drug-likeness (QED) is 0.550. The van der Waals surface area contributed by atoms with Crippen molar-refractivity contribution in [1.29, 1.82) is 0 Å². The van der Waals surface area contributed by atoms with E-state index in [9.17, 15) is 9.18 Å². The molecular formula is C23H23FN4OS. The van der Waals surface area contributed by atoms with Crippen molar-refractivity contribution in [1.82, 2.24) is 14.8 Å². The molecule has 2 aromatic carbocycles. The highest BCUT2D eigenvalue weighted by atomic mass is 32.2. The molecule has 1 aromatic heterocycles. The van der Waals surface area contributed by atoms with Crippen LogP contribution in [-0.4, -0.2) is 32.0 Å². The number of para-hydroxylation sites is 1. The molecule has 0 saturated heterocycles. The monoisotopic (exact) mass is 422 g/mol. The highest BCUT2D eigenvalue weighted by Gasteiger charge is 2.36. The predicted octanol–water partition coefficient (Wildman–Crippen LogP) is 4.88. The molecule has 2 atom stereocenters. The fourth-order valence-electron chi connectivity index (χ4n) is 4.15. The van der Waals surface area contributed by atoms with E-state index in [4.69, 9.17) is 0 Å². The van der Waals surface area contributed by atoms with Gasteiger partial charge in [0.15, 0.2) is 11.0 Å². The number of nitrogens with zero attached hydrogens (tertiary/aromatic N) is 4. The van der Waals surface area contributed by atoms with Gasteiger partial charge >= 0.3 is 0 Å². The van der Waals surface area contributed by atoms with Gasteiger partial charge in [-0.2, -0.15) is 0 Å². The summed E-state index contributed by atoms with van der Waals surface area (Å²) in [5.41, 5.74) is 2.65. The number of hydrogen-bond acceptors (Lipinski definition) is 4. The minimum atomic E-state index is -0.325. The van der Waals surface area contributed by atoms with Gasteiger partial charge in [-0.3, -0.25) is 9.36 Å². The molecule has 154 valence electrons. The van der Waals surface area contributed by atoms with Crippen LogP contribution in [0.15, 0.2) is 53.7 Å². The van der Waals surface area contributed by atoms with Crippen LogP contribution >= 0.6 is 11.8 Å². The summed E-state index contributed by atoms with van der Waals surface area (Å²) in [5, 5.41) is 8.99. The molecule has 1 saturated carbocycles. The Kier molecular flexibility index (Phi) is 4.85. The Bertz CT molecular complexity index is 1110. The Labute approximate surface area is 179 Å². The molecule has 1 amide bonds. The highest BCUT2D eigenvalue weighted by Crippen LogP contribution is 2.42. The average Bonchev–Trinajstić information content (AvgIpc) is 3.41. The second-order valence-electron chi connectivity index (χ2n) is 8.04. The second kappa shape index (κ2) is 7.54. The van der Waals surface area contributed by atoms with Gasteiger partial charge in [0.2, 0.25) is 5.91 Å². The highest BCUT2D eigenvalue weighted by molar-refractivity contribution is 8.00. The van der Waals surface area contributed by atoms with Crippen LogP contribution in [0.25, 0.3) is 11.4 Å². The molecule has 3 aromatic rings. The van der Waals surface area contributed by atoms with Crippen molar-refractivity contribution in [3.05, 3.63) is 59.9 Å². The Balaban J connectivity index is 1.43. The summed E-state index contributed by atoms with van der Waals surface area (Å²) in [6.45, 7) is 3.99. The maximum Gasteiger partial charge on any atom is 0.240 e. The topological polar surface area (TPSA) is 51.0 Å². The first-order chi connectivity index (χ1) is 14.5. The summed E-state index contributed by atoms with van der Waals surface area (Å²) in [7, 11) is 0. The third-order valence-electron chi connectivity index (χ3n) is 5.77. The fraction of sp³-hybridized carbons (Fsp3) is 0.348. The molecule has 0 unspecified atom stereocenters. The number of carbonyl (C=O) groups excluding carboxylic acids is 1. The van der Waals surface area contributed by atoms with Crippen LogP contribution in [-0.2, 0) is 11.2 Å². The first kappa shape index (κ1) is 19.3. The Morgan fingerprint density at radius 2 is 1.87 bits per heavy atom. The fourth-order valence-corrected chi connectivity index (χ4v) is 5.12. The lowest BCUT2D eigenvalue weighted by atomic mass is 10.1. The Hall–Kier alpha value is -2.67. The summed E-state index contributed by atoms with van der Waals surface area (Å²) in [4.78, 5) is 15.2. The summed E-state index contributed by atoms with van der Waals surface area (Å²) < 4.78 is 16.4. The number of fused-ring (bicyclic) bond motifs is 1. The van der Waals surface area contributed by atoms with Gasteiger partial charge in [-0.15, -0.1) is 10.2 Å². The Morgan fingerprint density at radius 3 is 2.63 bits per heavy atom. The molecule has 0 N–H and O–H groups in total. The van der Waals surface area contributed by atoms with Crippen molar-refractivity contribution in [2.24, 2.45) is 0 Å². The van der Waals surface area contributed by atoms with Crippen molar-refractivity contribution < 1.29 is 9.18 Å². The summed E-state index contributed by atoms with van der Waals surface area (Å²) in [6.07, 6.45) is 2.91. The molecule has 0 radical (unpaired) electrons. The molecular weight excluding hydrogens is 399 g/mol. The number of carbonyl (C=O) groups is 1. The number of amides is 1. The lowest BCUT2D eigenvalue weighted by Gasteiger charge is -2.25. The van der Waals surface area contributed by atoms with E-state index in [2.05, 4.69) is 23.2 Å². The van der Waals surface area contributed by atoms with Gasteiger partial charge in [0, 0.05) is 17.8 Å². The van der Waals surface area contributed by atoms with E-state index in [0.29, 0.717) is 16.5 Å². The van der Waals surface area contributed by atoms with E-state index in [1.54, 1.807) is 18.2 Å². The molecule has 2 aliphatic rings. The van der Waals surface area contributed by atoms with Crippen LogP contribution in [0, 0.1) is 5.82 Å². The predicted molar refractivity (Wildman–Crippen MR) is 116 cm³/mol. The largest absolute Gasteiger partial charge is 0.308 e. The molecule has 5 rings (SSSR count). The van der Waals surface area contributed by atoms with E-state index >= 15 is 0 Å². The van der Waals surface area contributed by atoms with Gasteiger partial charge in [0.1, 0.15) is 5.82 Å². The van der Waals surface area contributed by atoms with Gasteiger partial charge in [-0.1, -0.05) is 42.1 Å². The normalized spacial score (nSPS) is 19.0. The third kappa shape index (κ3) is 3.31. The minimum absolute atomic E-state index is 0.0650. The van der Waals surface area contributed by atoms with Crippen molar-refractivity contribution in [3.63, 3.8) is 0 Å². The van der Waals surface area contributed by atoms with Crippen LogP contribution in [0.4, 0.5) is 10.1 Å². The van der Waals surface area contributed by atoms with Crippen molar-refractivity contribution in [2.45, 2.75) is 55.6 Å². The zero-order chi connectivity index (χ0) is 20.8. The van der Waals surface area contributed by atoms with Crippen LogP contribution in [0.5, 0.6) is 0 Å². The first-order valence-electron chi connectivity index (χ1n) is 10.3. The maximum atomic E-state index is 14.4. The number of anilines is 1. The van der Waals surface area contributed by atoms with Gasteiger partial charge in [0.05, 0.1) is 10.8 Å². The number of halogens is 1. The summed E-state index contributed by atoms with van der Waals surface area (Å²) in [5.74, 6) is 0.294. The number of hydrogen-bond donors (Lipinski definition) is 0. The van der Waals surface area contributed by atoms with E-state index < -0.39 is 0 Å². The third-order valence-corrected chi connectivity index (χ3v) is 6.81. The maximum absolute atomic E-state index is 14.4. The summed E-state index contributed by atoms with van der Waals surface area (Å²) in [6, 6.07) is 15.1. The van der Waals surface area contributed by atoms with E-state index in [0.717, 1.165) is 24.9 Å². The smallest absolute Gasteiger partial charge is 0.240 e. The summed E-state index contributed by atoms with van der Waals surface area (Å²) >= 11 is 1.41. The van der Waals surface area contributed by atoms with Gasteiger partial charge in [-0.05, 0) is 56.9 Å². The number of rotatable bonds is 5. The zero-order valence-corrected chi connectivity index (χ0v) is 17.8. The lowest BCUT2D eigenvalue weighted by molar-refractivity contribution is -0.118. The molecule has 1 aliphatic heterocycles. The molecule has 1 fully saturated rings. The second-order valence-corrected chi connectivity index (χ2v) is 9.35. The number of aromatic nitrogens is 3. The van der Waals surface area contributed by atoms with Crippen LogP contribution in [0.2, 0.25) is 0 Å². The molecule has 7 heteroatoms. The van der Waals surface area contributed by atoms with Crippen molar-refractivity contribution >= 4 is 23.4 Å². The molecule has 0 spiro atoms. The molecule has 1 aliphatic carbocycles. The van der Waals surface area contributed by atoms with E-state index in [-0.39, 0.29) is 29.1 Å². The van der Waals surface area contributed by atoms with Crippen molar-refractivity contribution in [3.8, 4) is 11.4 Å². The first-order valence-corrected chi connectivity index (χ1v) is 11.2. The van der Waals surface area contributed by atoms with Gasteiger partial charge in [-0.25, -0.2) is 4.39 Å². The molecule has 5 nitrogen and oxygen atoms in total. The van der Waals surface area contributed by atoms with Crippen LogP contribution < -0.4 is 4.90 Å². The van der Waals surface area contributed by atoms with Crippen LogP contribution in [0.1, 0.15) is 38.3 Å². The number of thioether (sulfide) groups is 1. The van der Waals surface area contributed by atoms with E-state index in [1.807, 2.05) is 34.6 Å². The SMILES string of the molecule is C[C@H](Sc1nnc(-c2ccccc2F)n1C1CC1)C(=O)N1c2ccccc2C[C@@H]1C. The Morgan fingerprint density at radius 1 is 1.13 bits per heavy atom. The molecule has 0 bridgehead atoms. The lowest BCUT2D eigenvalue weighted by Crippen LogP contribution is -2.40. The minimum Gasteiger partial charge on any atom is -0.308 e. The van der Waals surface area contributed by atoms with Crippen LogP contribution in [0.3, 0.4) is 0 Å². The van der Waals surface area contributed by atoms with Gasteiger partial charge < -0.3 is 4.90 Å². The molecule has 2 heterocycles. The number of benzene rings is 2. The zero-order valence-electron chi connectivity index (χ0n) is 17.0. The van der Waals surface area contributed by atoms with Gasteiger partial charge in [0.25, 0.3) is 0 Å². The average molecular weight is 423 g/mol.